The molecular weight excluding hydrogens is 374 g/mol. The molecule has 0 bridgehead atoms. The van der Waals surface area contributed by atoms with Crippen LogP contribution >= 0.6 is 0 Å². The molecule has 0 radical (unpaired) electrons. The van der Waals surface area contributed by atoms with Crippen LogP contribution < -0.4 is 0 Å². The summed E-state index contributed by atoms with van der Waals surface area (Å²) in [6.07, 6.45) is -0.774. The third kappa shape index (κ3) is 3.15. The molecule has 11 heteroatoms. The number of hydrogen-bond acceptors (Lipinski definition) is 8. The summed E-state index contributed by atoms with van der Waals surface area (Å²) in [5, 5.41) is 10.6. The maximum absolute atomic E-state index is 12.4. The van der Waals surface area contributed by atoms with Gasteiger partial charge in [-0.05, 0) is 17.7 Å². The van der Waals surface area contributed by atoms with Crippen LogP contribution in [-0.4, -0.2) is 70.8 Å². The van der Waals surface area contributed by atoms with E-state index in [9.17, 15) is 29.3 Å². The van der Waals surface area contributed by atoms with Gasteiger partial charge in [-0.3, -0.25) is 24.6 Å². The molecular formula is C17H17N3O8. The van der Waals surface area contributed by atoms with Crippen molar-refractivity contribution in [2.45, 2.75) is 31.2 Å². The monoisotopic (exact) mass is 391 g/mol. The van der Waals surface area contributed by atoms with E-state index in [0.717, 1.165) is 9.80 Å². The number of methoxy groups -OCH3 is 1. The Kier molecular flexibility index (Phi) is 4.99. The molecule has 3 atom stereocenters. The Morgan fingerprint density at radius 3 is 2.50 bits per heavy atom. The molecule has 11 nitrogen and oxygen atoms in total. The highest BCUT2D eigenvalue weighted by Gasteiger charge is 2.62. The van der Waals surface area contributed by atoms with Gasteiger partial charge >= 0.3 is 12.1 Å². The molecule has 1 aromatic carbocycles. The number of likely N-dealkylation sites (N-methyl/N-ethyl adjacent to an activating group) is 1. The number of nitro benzene ring substituents is 1. The van der Waals surface area contributed by atoms with Gasteiger partial charge in [0.15, 0.2) is 11.8 Å². The minimum Gasteiger partial charge on any atom is -0.459 e. The first-order chi connectivity index (χ1) is 13.3. The van der Waals surface area contributed by atoms with Crippen LogP contribution in [0.4, 0.5) is 10.5 Å². The van der Waals surface area contributed by atoms with E-state index in [1.54, 1.807) is 0 Å². The lowest BCUT2D eigenvalue weighted by Gasteiger charge is -2.46. The van der Waals surface area contributed by atoms with Gasteiger partial charge in [0, 0.05) is 25.6 Å². The number of nitro groups is 1. The number of ether oxygens (including phenoxy) is 2. The number of fused-ring (bicyclic) bond motifs is 1. The molecule has 0 N–H and O–H groups in total. The summed E-state index contributed by atoms with van der Waals surface area (Å²) < 4.78 is 9.69. The van der Waals surface area contributed by atoms with Crippen LogP contribution in [-0.2, 0) is 30.5 Å². The van der Waals surface area contributed by atoms with Gasteiger partial charge in [0.2, 0.25) is 5.91 Å². The number of non-ortho nitro benzene ring substituents is 1. The number of benzene rings is 1. The molecule has 1 aromatic rings. The molecule has 0 aliphatic carbocycles. The van der Waals surface area contributed by atoms with E-state index in [2.05, 4.69) is 4.74 Å². The van der Waals surface area contributed by atoms with Gasteiger partial charge in [-0.15, -0.1) is 0 Å². The van der Waals surface area contributed by atoms with E-state index in [4.69, 9.17) is 4.74 Å². The molecule has 0 spiro atoms. The van der Waals surface area contributed by atoms with Crippen molar-refractivity contribution < 1.29 is 33.6 Å². The Morgan fingerprint density at radius 2 is 1.93 bits per heavy atom. The Labute approximate surface area is 158 Å². The zero-order chi connectivity index (χ0) is 20.6. The second kappa shape index (κ2) is 7.25. The SMILES string of the molecule is COC(=O)N(C)C1C(=O)N2C(C(=O)OCc3ccc([N+](=O)[O-])cc3)C(=O)CC12. The molecule has 3 rings (SSSR count). The summed E-state index contributed by atoms with van der Waals surface area (Å²) in [4.78, 5) is 60.9. The van der Waals surface area contributed by atoms with Gasteiger partial charge < -0.3 is 14.4 Å². The Morgan fingerprint density at radius 1 is 1.29 bits per heavy atom. The van der Waals surface area contributed by atoms with Gasteiger partial charge in [0.05, 0.1) is 18.1 Å². The minimum atomic E-state index is -1.35. The lowest BCUT2D eigenvalue weighted by atomic mass is 9.95. The fourth-order valence-electron chi connectivity index (χ4n) is 3.43. The third-order valence-electron chi connectivity index (χ3n) is 4.85. The van der Waals surface area contributed by atoms with Gasteiger partial charge in [-0.2, -0.15) is 0 Å². The van der Waals surface area contributed by atoms with Crippen molar-refractivity contribution >= 4 is 29.4 Å². The van der Waals surface area contributed by atoms with Gasteiger partial charge in [0.1, 0.15) is 12.6 Å². The van der Waals surface area contributed by atoms with Crippen molar-refractivity contribution in [3.05, 3.63) is 39.9 Å². The maximum atomic E-state index is 12.4. The third-order valence-corrected chi connectivity index (χ3v) is 4.85. The van der Waals surface area contributed by atoms with Crippen LogP contribution in [0.1, 0.15) is 12.0 Å². The van der Waals surface area contributed by atoms with E-state index in [-0.39, 0.29) is 18.7 Å². The molecule has 2 fully saturated rings. The van der Waals surface area contributed by atoms with Crippen molar-refractivity contribution in [2.24, 2.45) is 0 Å². The number of hydrogen-bond donors (Lipinski definition) is 0. The molecule has 2 saturated heterocycles. The summed E-state index contributed by atoms with van der Waals surface area (Å²) in [5.41, 5.74) is 0.398. The largest absolute Gasteiger partial charge is 0.459 e. The molecule has 0 saturated carbocycles. The molecule has 0 aromatic heterocycles. The first kappa shape index (κ1) is 19.3. The molecule has 2 heterocycles. The number of ketones is 1. The number of amides is 2. The lowest BCUT2D eigenvalue weighted by Crippen LogP contribution is -2.71. The highest BCUT2D eigenvalue weighted by molar-refractivity contribution is 6.12. The average Bonchev–Trinajstić information content (AvgIpc) is 2.98. The first-order valence-electron chi connectivity index (χ1n) is 8.32. The topological polar surface area (TPSA) is 136 Å². The average molecular weight is 391 g/mol. The summed E-state index contributed by atoms with van der Waals surface area (Å²) in [5.74, 6) is -1.87. The Balaban J connectivity index is 1.63. The second-order valence-corrected chi connectivity index (χ2v) is 6.44. The van der Waals surface area contributed by atoms with E-state index >= 15 is 0 Å². The molecule has 148 valence electrons. The summed E-state index contributed by atoms with van der Waals surface area (Å²) in [7, 11) is 2.56. The number of Topliss-reactive ketones (excluding diaryl/α,β-unsaturated/α-hetero) is 1. The molecule has 2 amide bonds. The Bertz CT molecular complexity index is 852. The van der Waals surface area contributed by atoms with Crippen molar-refractivity contribution in [3.63, 3.8) is 0 Å². The Hall–Kier alpha value is -3.50. The fourth-order valence-corrected chi connectivity index (χ4v) is 3.43. The number of rotatable bonds is 5. The van der Waals surface area contributed by atoms with Crippen LogP contribution in [0, 0.1) is 10.1 Å². The predicted molar refractivity (Wildman–Crippen MR) is 90.9 cm³/mol. The summed E-state index contributed by atoms with van der Waals surface area (Å²) in [6, 6.07) is 2.60. The van der Waals surface area contributed by atoms with Crippen molar-refractivity contribution in [1.29, 1.82) is 0 Å². The number of β-lactam (4-membered cyclic amide) rings is 1. The van der Waals surface area contributed by atoms with Crippen LogP contribution in [0.15, 0.2) is 24.3 Å². The smallest absolute Gasteiger partial charge is 0.409 e. The number of esters is 1. The van der Waals surface area contributed by atoms with E-state index in [0.29, 0.717) is 5.56 Å². The number of carbonyl (C=O) groups is 4. The van der Waals surface area contributed by atoms with Crippen LogP contribution in [0.5, 0.6) is 0 Å². The van der Waals surface area contributed by atoms with Crippen LogP contribution in [0.2, 0.25) is 0 Å². The molecule has 2 aliphatic heterocycles. The predicted octanol–water partition coefficient (Wildman–Crippen LogP) is 0.257. The highest BCUT2D eigenvalue weighted by atomic mass is 16.6. The standard InChI is InChI=1S/C17H17N3O8/c1-18(17(24)27-2)13-11-7-12(21)14(19(11)15(13)22)16(23)28-8-9-3-5-10(6-4-9)20(25)26/h3-6,11,13-14H,7-8H2,1-2H3. The quantitative estimate of drug-likeness (QED) is 0.229. The normalized spacial score (nSPS) is 22.9. The maximum Gasteiger partial charge on any atom is 0.409 e. The zero-order valence-electron chi connectivity index (χ0n) is 15.1. The number of carbonyl (C=O) groups excluding carboxylic acids is 4. The minimum absolute atomic E-state index is 0.0605. The van der Waals surface area contributed by atoms with Gasteiger partial charge in [-0.1, -0.05) is 0 Å². The fraction of sp³-hybridized carbons (Fsp3) is 0.412. The number of nitrogens with zero attached hydrogens (tertiary/aromatic N) is 3. The summed E-state index contributed by atoms with van der Waals surface area (Å²) in [6.45, 7) is -0.196. The van der Waals surface area contributed by atoms with E-state index in [1.165, 1.54) is 38.4 Å². The van der Waals surface area contributed by atoms with E-state index < -0.39 is 46.8 Å². The van der Waals surface area contributed by atoms with Crippen LogP contribution in [0.3, 0.4) is 0 Å². The van der Waals surface area contributed by atoms with E-state index in [1.807, 2.05) is 0 Å². The summed E-state index contributed by atoms with van der Waals surface area (Å²) >= 11 is 0. The molecule has 2 aliphatic rings. The highest BCUT2D eigenvalue weighted by Crippen LogP contribution is 2.36. The lowest BCUT2D eigenvalue weighted by molar-refractivity contribution is -0.384. The van der Waals surface area contributed by atoms with Crippen molar-refractivity contribution in [3.8, 4) is 0 Å². The molecule has 28 heavy (non-hydrogen) atoms. The van der Waals surface area contributed by atoms with Gasteiger partial charge in [0.25, 0.3) is 5.69 Å². The van der Waals surface area contributed by atoms with Gasteiger partial charge in [-0.25, -0.2) is 9.59 Å². The second-order valence-electron chi connectivity index (χ2n) is 6.44. The van der Waals surface area contributed by atoms with Crippen LogP contribution in [0.25, 0.3) is 0 Å². The van der Waals surface area contributed by atoms with Crippen molar-refractivity contribution in [1.82, 2.24) is 9.80 Å². The van der Waals surface area contributed by atoms with Crippen molar-refractivity contribution in [2.75, 3.05) is 14.2 Å². The molecule has 3 unspecified atom stereocenters. The first-order valence-corrected chi connectivity index (χ1v) is 8.32. The zero-order valence-corrected chi connectivity index (χ0v) is 15.1.